The lowest BCUT2D eigenvalue weighted by Crippen LogP contribution is -2.44. The highest BCUT2D eigenvalue weighted by atomic mass is 16.2. The zero-order valence-electron chi connectivity index (χ0n) is 12.5. The molecule has 1 saturated heterocycles. The largest absolute Gasteiger partial charge is 0.359 e. The van der Waals surface area contributed by atoms with Crippen LogP contribution in [-0.2, 0) is 9.59 Å². The first-order chi connectivity index (χ1) is 10.1. The number of likely N-dealkylation sites (tertiary alicyclic amines) is 1. The molecular weight excluding hydrogens is 266 g/mol. The van der Waals surface area contributed by atoms with Crippen molar-refractivity contribution < 1.29 is 9.59 Å². The van der Waals surface area contributed by atoms with E-state index in [-0.39, 0.29) is 17.7 Å². The smallest absolute Gasteiger partial charge is 0.246 e. The zero-order valence-corrected chi connectivity index (χ0v) is 12.5. The Morgan fingerprint density at radius 3 is 2.90 bits per heavy atom. The van der Waals surface area contributed by atoms with Crippen LogP contribution in [0.5, 0.6) is 0 Å². The lowest BCUT2D eigenvalue weighted by Gasteiger charge is -2.31. The molecule has 0 saturated carbocycles. The van der Waals surface area contributed by atoms with Gasteiger partial charge in [0.15, 0.2) is 0 Å². The summed E-state index contributed by atoms with van der Waals surface area (Å²) in [6.07, 6.45) is 6.76. The Labute approximate surface area is 125 Å². The second kappa shape index (κ2) is 7.02. The Morgan fingerprint density at radius 2 is 2.24 bits per heavy atom. The van der Waals surface area contributed by atoms with Gasteiger partial charge in [0, 0.05) is 38.1 Å². The summed E-state index contributed by atoms with van der Waals surface area (Å²) in [5.74, 6) is -0.134. The Morgan fingerprint density at radius 1 is 1.43 bits per heavy atom. The number of amides is 2. The first kappa shape index (κ1) is 15.2. The van der Waals surface area contributed by atoms with Crippen molar-refractivity contribution >= 4 is 17.9 Å². The number of aryl methyl sites for hydroxylation is 1. The summed E-state index contributed by atoms with van der Waals surface area (Å²) < 4.78 is 0. The van der Waals surface area contributed by atoms with Gasteiger partial charge in [-0.15, -0.1) is 0 Å². The van der Waals surface area contributed by atoms with Gasteiger partial charge in [-0.1, -0.05) is 6.07 Å². The van der Waals surface area contributed by atoms with Crippen LogP contribution in [0.2, 0.25) is 0 Å². The van der Waals surface area contributed by atoms with Gasteiger partial charge in [-0.25, -0.2) is 0 Å². The topological polar surface area (TPSA) is 62.3 Å². The zero-order chi connectivity index (χ0) is 15.2. The maximum Gasteiger partial charge on any atom is 0.246 e. The third-order valence-corrected chi connectivity index (χ3v) is 3.70. The van der Waals surface area contributed by atoms with E-state index in [0.717, 1.165) is 24.1 Å². The maximum absolute atomic E-state index is 12.2. The average Bonchev–Trinajstić information content (AvgIpc) is 2.53. The molecule has 0 aromatic carbocycles. The number of carbonyl (C=O) groups excluding carboxylic acids is 2. The highest BCUT2D eigenvalue weighted by molar-refractivity contribution is 5.92. The number of carbonyl (C=O) groups is 2. The molecular formula is C16H21N3O2. The van der Waals surface area contributed by atoms with Crippen molar-refractivity contribution in [2.75, 3.05) is 20.1 Å². The lowest BCUT2D eigenvalue weighted by atomic mass is 9.97. The van der Waals surface area contributed by atoms with Crippen LogP contribution in [0.1, 0.15) is 24.1 Å². The fourth-order valence-corrected chi connectivity index (χ4v) is 2.45. The van der Waals surface area contributed by atoms with E-state index in [0.29, 0.717) is 13.1 Å². The van der Waals surface area contributed by atoms with Crippen LogP contribution < -0.4 is 5.32 Å². The van der Waals surface area contributed by atoms with Gasteiger partial charge in [-0.3, -0.25) is 14.6 Å². The normalized spacial score (nSPS) is 18.8. The molecule has 1 aromatic heterocycles. The number of aromatic nitrogens is 1. The molecule has 1 unspecified atom stereocenters. The highest BCUT2D eigenvalue weighted by Crippen LogP contribution is 2.17. The summed E-state index contributed by atoms with van der Waals surface area (Å²) in [5, 5.41) is 2.65. The van der Waals surface area contributed by atoms with Gasteiger partial charge in [0.25, 0.3) is 0 Å². The lowest BCUT2D eigenvalue weighted by molar-refractivity contribution is -0.131. The third kappa shape index (κ3) is 4.15. The molecule has 0 aliphatic carbocycles. The molecule has 0 spiro atoms. The van der Waals surface area contributed by atoms with Gasteiger partial charge >= 0.3 is 0 Å². The molecule has 21 heavy (non-hydrogen) atoms. The van der Waals surface area contributed by atoms with Crippen LogP contribution in [0.15, 0.2) is 24.4 Å². The van der Waals surface area contributed by atoms with Crippen molar-refractivity contribution in [1.29, 1.82) is 0 Å². The fraction of sp³-hybridized carbons (Fsp3) is 0.438. The first-order valence-electron chi connectivity index (χ1n) is 7.21. The standard InChI is InChI=1S/C16H21N3O2/c1-12-5-6-13(10-18-12)7-8-15(20)19-9-3-4-14(11-19)16(21)17-2/h5-8,10,14H,3-4,9,11H2,1-2H3,(H,17,21)/b8-7+. The van der Waals surface area contributed by atoms with E-state index in [1.165, 1.54) is 0 Å². The molecule has 1 atom stereocenters. The van der Waals surface area contributed by atoms with Crippen molar-refractivity contribution in [3.05, 3.63) is 35.7 Å². The van der Waals surface area contributed by atoms with Crippen LogP contribution >= 0.6 is 0 Å². The summed E-state index contributed by atoms with van der Waals surface area (Å²) in [5.41, 5.74) is 1.84. The Balaban J connectivity index is 1.96. The molecule has 2 amide bonds. The van der Waals surface area contributed by atoms with Crippen molar-refractivity contribution in [1.82, 2.24) is 15.2 Å². The molecule has 0 bridgehead atoms. The van der Waals surface area contributed by atoms with Crippen molar-refractivity contribution in [2.24, 2.45) is 5.92 Å². The molecule has 2 heterocycles. The predicted molar refractivity (Wildman–Crippen MR) is 81.4 cm³/mol. The number of nitrogens with zero attached hydrogens (tertiary/aromatic N) is 2. The third-order valence-electron chi connectivity index (χ3n) is 3.70. The van der Waals surface area contributed by atoms with Gasteiger partial charge in [0.2, 0.25) is 11.8 Å². The summed E-state index contributed by atoms with van der Waals surface area (Å²) in [6.45, 7) is 3.13. The number of rotatable bonds is 3. The molecule has 2 rings (SSSR count). The van der Waals surface area contributed by atoms with Crippen molar-refractivity contribution in [2.45, 2.75) is 19.8 Å². The van der Waals surface area contributed by atoms with Gasteiger partial charge in [-0.2, -0.15) is 0 Å². The second-order valence-electron chi connectivity index (χ2n) is 5.30. The van der Waals surface area contributed by atoms with E-state index in [4.69, 9.17) is 0 Å². The van der Waals surface area contributed by atoms with Gasteiger partial charge in [0.1, 0.15) is 0 Å². The van der Waals surface area contributed by atoms with E-state index < -0.39 is 0 Å². The maximum atomic E-state index is 12.2. The van der Waals surface area contributed by atoms with Crippen LogP contribution in [-0.4, -0.2) is 41.8 Å². The number of piperidine rings is 1. The predicted octanol–water partition coefficient (Wildman–Crippen LogP) is 1.39. The summed E-state index contributed by atoms with van der Waals surface area (Å²) in [4.78, 5) is 29.8. The first-order valence-corrected chi connectivity index (χ1v) is 7.21. The number of hydrogen-bond donors (Lipinski definition) is 1. The summed E-state index contributed by atoms with van der Waals surface area (Å²) in [6, 6.07) is 3.84. The van der Waals surface area contributed by atoms with Crippen molar-refractivity contribution in [3.63, 3.8) is 0 Å². The van der Waals surface area contributed by atoms with Gasteiger partial charge in [-0.05, 0) is 37.5 Å². The van der Waals surface area contributed by atoms with Crippen molar-refractivity contribution in [3.8, 4) is 0 Å². The minimum Gasteiger partial charge on any atom is -0.359 e. The molecule has 1 fully saturated rings. The molecule has 1 N–H and O–H groups in total. The molecule has 5 nitrogen and oxygen atoms in total. The van der Waals surface area contributed by atoms with E-state index in [1.807, 2.05) is 19.1 Å². The quantitative estimate of drug-likeness (QED) is 0.855. The van der Waals surface area contributed by atoms with Crippen LogP contribution in [0.4, 0.5) is 0 Å². The van der Waals surface area contributed by atoms with Gasteiger partial charge in [0.05, 0.1) is 5.92 Å². The summed E-state index contributed by atoms with van der Waals surface area (Å²) in [7, 11) is 1.63. The molecule has 0 radical (unpaired) electrons. The van der Waals surface area contributed by atoms with E-state index >= 15 is 0 Å². The minimum atomic E-state index is -0.0952. The van der Waals surface area contributed by atoms with Crippen LogP contribution in [0.3, 0.4) is 0 Å². The second-order valence-corrected chi connectivity index (χ2v) is 5.30. The molecule has 5 heteroatoms. The van der Waals surface area contributed by atoms with E-state index in [1.54, 1.807) is 30.3 Å². The highest BCUT2D eigenvalue weighted by Gasteiger charge is 2.26. The SMILES string of the molecule is CNC(=O)C1CCCN(C(=O)/C=C/c2ccc(C)nc2)C1. The van der Waals surface area contributed by atoms with Gasteiger partial charge < -0.3 is 10.2 Å². The minimum absolute atomic E-state index is 0.0132. The van der Waals surface area contributed by atoms with Crippen LogP contribution in [0.25, 0.3) is 6.08 Å². The fourth-order valence-electron chi connectivity index (χ4n) is 2.45. The molecule has 1 aliphatic heterocycles. The monoisotopic (exact) mass is 287 g/mol. The van der Waals surface area contributed by atoms with E-state index in [9.17, 15) is 9.59 Å². The molecule has 1 aromatic rings. The molecule has 1 aliphatic rings. The Kier molecular flexibility index (Phi) is 5.09. The Bertz CT molecular complexity index is 537. The summed E-state index contributed by atoms with van der Waals surface area (Å²) >= 11 is 0. The van der Waals surface area contributed by atoms with Crippen LogP contribution in [0, 0.1) is 12.8 Å². The Hall–Kier alpha value is -2.17. The number of pyridine rings is 1. The van der Waals surface area contributed by atoms with E-state index in [2.05, 4.69) is 10.3 Å². The molecule has 112 valence electrons. The number of hydrogen-bond acceptors (Lipinski definition) is 3. The number of nitrogens with one attached hydrogen (secondary N) is 1. The average molecular weight is 287 g/mol.